The first-order chi connectivity index (χ1) is 19.5. The van der Waals surface area contributed by atoms with Crippen LogP contribution >= 0.6 is 34.8 Å². The molecule has 7 nitrogen and oxygen atoms in total. The molecule has 0 fully saturated rings. The average molecular weight is 639 g/mol. The van der Waals surface area contributed by atoms with Crippen LogP contribution in [-0.4, -0.2) is 44.3 Å². The number of carbonyl (C=O) groups excluding carboxylic acids is 2. The van der Waals surface area contributed by atoms with E-state index in [1.165, 1.54) is 17.0 Å². The number of amides is 2. The van der Waals surface area contributed by atoms with Gasteiger partial charge in [0.15, 0.2) is 0 Å². The molecule has 11 heteroatoms. The second kappa shape index (κ2) is 14.9. The van der Waals surface area contributed by atoms with Gasteiger partial charge >= 0.3 is 0 Å². The molecule has 0 saturated heterocycles. The van der Waals surface area contributed by atoms with Gasteiger partial charge in [0.05, 0.1) is 10.6 Å². The number of benzene rings is 3. The summed E-state index contributed by atoms with van der Waals surface area (Å²) < 4.78 is 28.9. The number of anilines is 1. The van der Waals surface area contributed by atoms with Gasteiger partial charge in [0, 0.05) is 33.7 Å². The summed E-state index contributed by atoms with van der Waals surface area (Å²) in [5.74, 6) is -0.926. The fraction of sp³-hybridized carbons (Fsp3) is 0.333. The summed E-state index contributed by atoms with van der Waals surface area (Å²) in [7, 11) is -4.19. The molecular weight excluding hydrogens is 605 g/mol. The maximum Gasteiger partial charge on any atom is 0.264 e. The van der Waals surface area contributed by atoms with Crippen LogP contribution < -0.4 is 9.62 Å². The van der Waals surface area contributed by atoms with Gasteiger partial charge in [0.25, 0.3) is 10.0 Å². The summed E-state index contributed by atoms with van der Waals surface area (Å²) in [6.07, 6.45) is 1.96. The van der Waals surface area contributed by atoms with Crippen LogP contribution in [0.5, 0.6) is 0 Å². The first-order valence-corrected chi connectivity index (χ1v) is 15.9. The molecule has 1 N–H and O–H groups in total. The third-order valence-corrected chi connectivity index (χ3v) is 9.36. The van der Waals surface area contributed by atoms with Gasteiger partial charge in [0.1, 0.15) is 12.6 Å². The molecule has 0 saturated carbocycles. The lowest BCUT2D eigenvalue weighted by atomic mass is 10.1. The third-order valence-electron chi connectivity index (χ3n) is 6.64. The highest BCUT2D eigenvalue weighted by molar-refractivity contribution is 7.92. The van der Waals surface area contributed by atoms with Crippen molar-refractivity contribution in [3.05, 3.63) is 92.9 Å². The Labute approximate surface area is 257 Å². The summed E-state index contributed by atoms with van der Waals surface area (Å²) in [4.78, 5) is 28.9. The Kier molecular flexibility index (Phi) is 11.9. The number of nitrogens with one attached hydrogen (secondary N) is 1. The van der Waals surface area contributed by atoms with Crippen LogP contribution in [0.15, 0.2) is 71.6 Å². The van der Waals surface area contributed by atoms with Crippen LogP contribution in [0.25, 0.3) is 0 Å². The summed E-state index contributed by atoms with van der Waals surface area (Å²) in [5, 5.41) is 3.99. The van der Waals surface area contributed by atoms with E-state index in [4.69, 9.17) is 34.8 Å². The van der Waals surface area contributed by atoms with Crippen LogP contribution in [0.2, 0.25) is 15.1 Å². The maximum atomic E-state index is 14.2. The molecule has 3 rings (SSSR count). The van der Waals surface area contributed by atoms with Crippen molar-refractivity contribution in [2.75, 3.05) is 17.4 Å². The number of carbonyl (C=O) groups is 2. The largest absolute Gasteiger partial charge is 0.354 e. The normalized spacial score (nSPS) is 12.0. The molecule has 0 aliphatic heterocycles. The monoisotopic (exact) mass is 637 g/mol. The predicted octanol–water partition coefficient (Wildman–Crippen LogP) is 6.87. The molecule has 220 valence electrons. The minimum absolute atomic E-state index is 0.0206. The molecule has 1 atom stereocenters. The quantitative estimate of drug-likeness (QED) is 0.207. The number of rotatable bonds is 13. The van der Waals surface area contributed by atoms with Crippen LogP contribution in [0.4, 0.5) is 5.69 Å². The van der Waals surface area contributed by atoms with E-state index < -0.39 is 28.5 Å². The van der Waals surface area contributed by atoms with Crippen LogP contribution in [0.1, 0.15) is 44.2 Å². The van der Waals surface area contributed by atoms with Crippen molar-refractivity contribution in [1.29, 1.82) is 0 Å². The SMILES string of the molecule is CCCCNC(=O)[C@H](CC)N(Cc1c(Cl)cccc1Cl)C(=O)CN(c1ccc(Cl)cc1C)S(=O)(=O)c1ccccc1. The molecule has 0 spiro atoms. The Morgan fingerprint density at radius 2 is 1.59 bits per heavy atom. The lowest BCUT2D eigenvalue weighted by Crippen LogP contribution is -2.52. The topological polar surface area (TPSA) is 86.8 Å². The van der Waals surface area contributed by atoms with Crippen molar-refractivity contribution in [1.82, 2.24) is 10.2 Å². The highest BCUT2D eigenvalue weighted by atomic mass is 35.5. The zero-order valence-corrected chi connectivity index (χ0v) is 26.3. The second-order valence-electron chi connectivity index (χ2n) is 9.55. The molecular formula is C30H34Cl3N3O4S. The van der Waals surface area contributed by atoms with Crippen molar-refractivity contribution in [3.63, 3.8) is 0 Å². The van der Waals surface area contributed by atoms with Gasteiger partial charge in [-0.15, -0.1) is 0 Å². The van der Waals surface area contributed by atoms with E-state index in [0.29, 0.717) is 38.4 Å². The number of sulfonamides is 1. The Morgan fingerprint density at radius 1 is 0.927 bits per heavy atom. The van der Waals surface area contributed by atoms with E-state index >= 15 is 0 Å². The van der Waals surface area contributed by atoms with E-state index in [-0.39, 0.29) is 23.8 Å². The number of halogens is 3. The first-order valence-electron chi connectivity index (χ1n) is 13.3. The van der Waals surface area contributed by atoms with Crippen LogP contribution in [-0.2, 0) is 26.2 Å². The highest BCUT2D eigenvalue weighted by Gasteiger charge is 2.34. The van der Waals surface area contributed by atoms with Crippen molar-refractivity contribution >= 4 is 62.3 Å². The Hall–Kier alpha value is -2.78. The molecule has 0 unspecified atom stereocenters. The van der Waals surface area contributed by atoms with E-state index in [1.807, 2.05) is 6.92 Å². The number of hydrogen-bond acceptors (Lipinski definition) is 4. The summed E-state index contributed by atoms with van der Waals surface area (Å²) >= 11 is 19.1. The highest BCUT2D eigenvalue weighted by Crippen LogP contribution is 2.31. The van der Waals surface area contributed by atoms with Gasteiger partial charge in [-0.1, -0.05) is 79.3 Å². The molecule has 0 radical (unpaired) electrons. The number of unbranched alkanes of at least 4 members (excludes halogenated alkanes) is 1. The Balaban J connectivity index is 2.10. The molecule has 0 aliphatic carbocycles. The molecule has 3 aromatic rings. The smallest absolute Gasteiger partial charge is 0.264 e. The minimum atomic E-state index is -4.19. The fourth-order valence-electron chi connectivity index (χ4n) is 4.41. The Bertz CT molecular complexity index is 1450. The van der Waals surface area contributed by atoms with Gasteiger partial charge < -0.3 is 10.2 Å². The standard InChI is InChI=1S/C30H34Cl3N3O4S/c1-4-6-17-34-30(38)27(5-2)35(19-24-25(32)13-10-14-26(24)33)29(37)20-36(28-16-15-22(31)18-21(28)3)41(39,40)23-11-8-7-9-12-23/h7-16,18,27H,4-6,17,19-20H2,1-3H3,(H,34,38)/t27-/m0/s1. The molecule has 0 bridgehead atoms. The zero-order valence-electron chi connectivity index (χ0n) is 23.2. The number of nitrogens with zero attached hydrogens (tertiary/aromatic N) is 2. The molecule has 2 amide bonds. The van der Waals surface area contributed by atoms with E-state index in [0.717, 1.165) is 17.1 Å². The molecule has 41 heavy (non-hydrogen) atoms. The third kappa shape index (κ3) is 8.16. The van der Waals surface area contributed by atoms with E-state index in [9.17, 15) is 18.0 Å². The van der Waals surface area contributed by atoms with Crippen molar-refractivity contribution in [2.24, 2.45) is 0 Å². The van der Waals surface area contributed by atoms with E-state index in [1.54, 1.807) is 68.4 Å². The van der Waals surface area contributed by atoms with Gasteiger partial charge in [-0.3, -0.25) is 13.9 Å². The second-order valence-corrected chi connectivity index (χ2v) is 12.7. The van der Waals surface area contributed by atoms with Crippen LogP contribution in [0, 0.1) is 6.92 Å². The van der Waals surface area contributed by atoms with Gasteiger partial charge in [-0.25, -0.2) is 8.42 Å². The zero-order chi connectivity index (χ0) is 30.2. The van der Waals surface area contributed by atoms with Gasteiger partial charge in [0.2, 0.25) is 11.8 Å². The predicted molar refractivity (Wildman–Crippen MR) is 166 cm³/mol. The number of hydrogen-bond donors (Lipinski definition) is 1. The first kappa shape index (κ1) is 32.7. The average Bonchev–Trinajstić information content (AvgIpc) is 2.94. The van der Waals surface area contributed by atoms with Crippen molar-refractivity contribution in [2.45, 2.75) is 57.5 Å². The molecule has 0 aromatic heterocycles. The van der Waals surface area contributed by atoms with E-state index in [2.05, 4.69) is 5.32 Å². The molecule has 3 aromatic carbocycles. The lowest BCUT2D eigenvalue weighted by molar-refractivity contribution is -0.140. The summed E-state index contributed by atoms with van der Waals surface area (Å²) in [6.45, 7) is 5.33. The lowest BCUT2D eigenvalue weighted by Gasteiger charge is -2.34. The minimum Gasteiger partial charge on any atom is -0.354 e. The summed E-state index contributed by atoms with van der Waals surface area (Å²) in [6, 6.07) is 16.7. The Morgan fingerprint density at radius 3 is 2.17 bits per heavy atom. The van der Waals surface area contributed by atoms with Gasteiger partial charge in [-0.2, -0.15) is 0 Å². The summed E-state index contributed by atoms with van der Waals surface area (Å²) in [5.41, 5.74) is 1.32. The fourth-order valence-corrected chi connectivity index (χ4v) is 6.65. The molecule has 0 heterocycles. The van der Waals surface area contributed by atoms with Crippen LogP contribution in [0.3, 0.4) is 0 Å². The molecule has 0 aliphatic rings. The maximum absolute atomic E-state index is 14.2. The van der Waals surface area contributed by atoms with Crippen molar-refractivity contribution in [3.8, 4) is 0 Å². The van der Waals surface area contributed by atoms with Gasteiger partial charge in [-0.05, 0) is 67.8 Å². The number of aryl methyl sites for hydroxylation is 1. The van der Waals surface area contributed by atoms with Crippen molar-refractivity contribution < 1.29 is 18.0 Å².